The van der Waals surface area contributed by atoms with E-state index in [1.165, 1.54) is 45.2 Å². The van der Waals surface area contributed by atoms with Gasteiger partial charge in [0.15, 0.2) is 0 Å². The van der Waals surface area contributed by atoms with Gasteiger partial charge in [0, 0.05) is 31.2 Å². The highest BCUT2D eigenvalue weighted by Gasteiger charge is 2.31. The zero-order chi connectivity index (χ0) is 13.5. The zero-order valence-electron chi connectivity index (χ0n) is 13.2. The van der Waals surface area contributed by atoms with Crippen LogP contribution in [0.2, 0.25) is 0 Å². The molecule has 0 saturated carbocycles. The van der Waals surface area contributed by atoms with Gasteiger partial charge in [-0.15, -0.1) is 0 Å². The minimum atomic E-state index is 0.702. The summed E-state index contributed by atoms with van der Waals surface area (Å²) in [6.45, 7) is 14.2. The minimum absolute atomic E-state index is 0.702. The Morgan fingerprint density at radius 1 is 1.17 bits per heavy atom. The third kappa shape index (κ3) is 4.55. The number of rotatable bonds is 7. The van der Waals surface area contributed by atoms with Crippen LogP contribution in [-0.2, 0) is 0 Å². The van der Waals surface area contributed by atoms with E-state index in [9.17, 15) is 0 Å². The van der Waals surface area contributed by atoms with Crippen LogP contribution in [0.1, 0.15) is 66.7 Å². The predicted octanol–water partition coefficient (Wildman–Crippen LogP) is 3.66. The maximum absolute atomic E-state index is 3.71. The first-order chi connectivity index (χ1) is 8.60. The van der Waals surface area contributed by atoms with Crippen molar-refractivity contribution in [3.8, 4) is 0 Å². The topological polar surface area (TPSA) is 15.3 Å². The minimum Gasteiger partial charge on any atom is -0.311 e. The first-order valence-corrected chi connectivity index (χ1v) is 8.09. The maximum Gasteiger partial charge on any atom is 0.0247 e. The molecule has 0 radical (unpaired) electrons. The number of hydrogen-bond acceptors (Lipinski definition) is 2. The average molecular weight is 254 g/mol. The van der Waals surface area contributed by atoms with Gasteiger partial charge >= 0.3 is 0 Å². The van der Waals surface area contributed by atoms with Gasteiger partial charge in [-0.2, -0.15) is 0 Å². The van der Waals surface area contributed by atoms with Crippen molar-refractivity contribution in [1.82, 2.24) is 10.2 Å². The third-order valence-corrected chi connectivity index (χ3v) is 4.53. The van der Waals surface area contributed by atoms with E-state index in [1.54, 1.807) is 0 Å². The Kier molecular flexibility index (Phi) is 7.25. The molecule has 1 aliphatic heterocycles. The van der Waals surface area contributed by atoms with Gasteiger partial charge in [-0.3, -0.25) is 4.90 Å². The smallest absolute Gasteiger partial charge is 0.0247 e. The fourth-order valence-corrected chi connectivity index (χ4v) is 3.11. The van der Waals surface area contributed by atoms with Crippen molar-refractivity contribution in [3.05, 3.63) is 0 Å². The summed E-state index contributed by atoms with van der Waals surface area (Å²) < 4.78 is 0. The van der Waals surface area contributed by atoms with Crippen molar-refractivity contribution in [1.29, 1.82) is 0 Å². The van der Waals surface area contributed by atoms with Gasteiger partial charge in [0.1, 0.15) is 0 Å². The lowest BCUT2D eigenvalue weighted by Crippen LogP contribution is -2.60. The molecule has 1 aliphatic rings. The van der Waals surface area contributed by atoms with Crippen molar-refractivity contribution < 1.29 is 0 Å². The molecular formula is C16H34N2. The van der Waals surface area contributed by atoms with E-state index in [-0.39, 0.29) is 0 Å². The van der Waals surface area contributed by atoms with Crippen molar-refractivity contribution >= 4 is 0 Å². The Morgan fingerprint density at radius 2 is 1.89 bits per heavy atom. The monoisotopic (exact) mass is 254 g/mol. The van der Waals surface area contributed by atoms with Crippen LogP contribution in [0.4, 0.5) is 0 Å². The van der Waals surface area contributed by atoms with Gasteiger partial charge in [0.2, 0.25) is 0 Å². The molecule has 1 fully saturated rings. The number of piperazine rings is 1. The second-order valence-corrected chi connectivity index (χ2v) is 6.37. The van der Waals surface area contributed by atoms with E-state index in [0.29, 0.717) is 6.04 Å². The molecule has 0 aromatic rings. The normalized spacial score (nSPS) is 27.7. The highest BCUT2D eigenvalue weighted by molar-refractivity contribution is 4.89. The average Bonchev–Trinajstić information content (AvgIpc) is 2.38. The largest absolute Gasteiger partial charge is 0.311 e. The van der Waals surface area contributed by atoms with Gasteiger partial charge in [-0.05, 0) is 25.7 Å². The Bertz CT molecular complexity index is 215. The first-order valence-electron chi connectivity index (χ1n) is 8.09. The Labute approximate surface area is 115 Å². The molecule has 2 nitrogen and oxygen atoms in total. The number of unbranched alkanes of at least 4 members (excludes halogenated alkanes) is 2. The molecule has 0 aliphatic carbocycles. The standard InChI is InChI=1S/C16H34N2/c1-6-8-9-10-14(5)18-12-15(7-2)17-11-16(18)13(3)4/h13-17H,6-12H2,1-5H3. The molecule has 2 heteroatoms. The maximum atomic E-state index is 3.71. The Balaban J connectivity index is 2.53. The SMILES string of the molecule is CCCCCC(C)N1CC(CC)NCC1C(C)C. The molecule has 0 bridgehead atoms. The summed E-state index contributed by atoms with van der Waals surface area (Å²) in [6, 6.07) is 2.18. The summed E-state index contributed by atoms with van der Waals surface area (Å²) in [6.07, 6.45) is 6.74. The fraction of sp³-hybridized carbons (Fsp3) is 1.00. The molecule has 1 heterocycles. The lowest BCUT2D eigenvalue weighted by Gasteiger charge is -2.45. The van der Waals surface area contributed by atoms with Gasteiger partial charge in [-0.25, -0.2) is 0 Å². The van der Waals surface area contributed by atoms with E-state index in [0.717, 1.165) is 18.0 Å². The number of nitrogens with zero attached hydrogens (tertiary/aromatic N) is 1. The number of nitrogens with one attached hydrogen (secondary N) is 1. The van der Waals surface area contributed by atoms with Gasteiger partial charge < -0.3 is 5.32 Å². The van der Waals surface area contributed by atoms with Crippen LogP contribution < -0.4 is 5.32 Å². The van der Waals surface area contributed by atoms with Gasteiger partial charge in [-0.1, -0.05) is 47.0 Å². The lowest BCUT2D eigenvalue weighted by molar-refractivity contribution is 0.0570. The molecule has 0 amide bonds. The van der Waals surface area contributed by atoms with Crippen LogP contribution in [0.25, 0.3) is 0 Å². The summed E-state index contributed by atoms with van der Waals surface area (Å²) in [5.41, 5.74) is 0. The molecule has 108 valence electrons. The molecule has 1 N–H and O–H groups in total. The highest BCUT2D eigenvalue weighted by Crippen LogP contribution is 2.21. The summed E-state index contributed by atoms with van der Waals surface area (Å²) in [4.78, 5) is 2.78. The summed E-state index contributed by atoms with van der Waals surface area (Å²) in [5.74, 6) is 0.754. The van der Waals surface area contributed by atoms with Crippen molar-refractivity contribution in [3.63, 3.8) is 0 Å². The summed E-state index contributed by atoms with van der Waals surface area (Å²) in [5, 5.41) is 3.71. The molecule has 1 rings (SSSR count). The lowest BCUT2D eigenvalue weighted by atomic mass is 9.94. The molecule has 3 atom stereocenters. The van der Waals surface area contributed by atoms with Gasteiger partial charge in [0.25, 0.3) is 0 Å². The Hall–Kier alpha value is -0.0800. The van der Waals surface area contributed by atoms with E-state index in [4.69, 9.17) is 0 Å². The van der Waals surface area contributed by atoms with E-state index >= 15 is 0 Å². The van der Waals surface area contributed by atoms with Crippen molar-refractivity contribution in [2.75, 3.05) is 13.1 Å². The quantitative estimate of drug-likeness (QED) is 0.698. The second kappa shape index (κ2) is 8.16. The zero-order valence-corrected chi connectivity index (χ0v) is 13.2. The van der Waals surface area contributed by atoms with E-state index < -0.39 is 0 Å². The third-order valence-electron chi connectivity index (χ3n) is 4.53. The van der Waals surface area contributed by atoms with Crippen LogP contribution in [0.3, 0.4) is 0 Å². The summed E-state index contributed by atoms with van der Waals surface area (Å²) in [7, 11) is 0. The predicted molar refractivity (Wildman–Crippen MR) is 81.0 cm³/mol. The molecule has 1 saturated heterocycles. The van der Waals surface area contributed by atoms with Crippen LogP contribution in [0.15, 0.2) is 0 Å². The summed E-state index contributed by atoms with van der Waals surface area (Å²) >= 11 is 0. The molecule has 0 aromatic heterocycles. The molecule has 18 heavy (non-hydrogen) atoms. The van der Waals surface area contributed by atoms with E-state index in [2.05, 4.69) is 44.8 Å². The van der Waals surface area contributed by atoms with Crippen LogP contribution in [0.5, 0.6) is 0 Å². The van der Waals surface area contributed by atoms with Crippen LogP contribution >= 0.6 is 0 Å². The molecule has 0 aromatic carbocycles. The molecule has 0 spiro atoms. The highest BCUT2D eigenvalue weighted by atomic mass is 15.3. The van der Waals surface area contributed by atoms with Crippen molar-refractivity contribution in [2.24, 2.45) is 5.92 Å². The molecule has 3 unspecified atom stereocenters. The fourth-order valence-electron chi connectivity index (χ4n) is 3.11. The number of hydrogen-bond donors (Lipinski definition) is 1. The van der Waals surface area contributed by atoms with Crippen LogP contribution in [-0.4, -0.2) is 36.1 Å². The second-order valence-electron chi connectivity index (χ2n) is 6.37. The molecular weight excluding hydrogens is 220 g/mol. The Morgan fingerprint density at radius 3 is 2.44 bits per heavy atom. The van der Waals surface area contributed by atoms with Gasteiger partial charge in [0.05, 0.1) is 0 Å². The van der Waals surface area contributed by atoms with Crippen molar-refractivity contribution in [2.45, 2.75) is 84.8 Å². The van der Waals surface area contributed by atoms with E-state index in [1.807, 2.05) is 0 Å². The van der Waals surface area contributed by atoms with Crippen LogP contribution in [0, 0.1) is 5.92 Å². The first kappa shape index (κ1) is 16.0.